The summed E-state index contributed by atoms with van der Waals surface area (Å²) in [5, 5.41) is 2.98. The lowest BCUT2D eigenvalue weighted by Gasteiger charge is -2.15. The van der Waals surface area contributed by atoms with Crippen molar-refractivity contribution in [3.8, 4) is 5.75 Å². The molecule has 1 aliphatic rings. The quantitative estimate of drug-likeness (QED) is 0.655. The Balaban J connectivity index is 1.39. The van der Waals surface area contributed by atoms with Gasteiger partial charge in [-0.25, -0.2) is 0 Å². The molecule has 0 spiro atoms. The molecule has 29 heavy (non-hydrogen) atoms. The zero-order valence-corrected chi connectivity index (χ0v) is 17.3. The molecular weight excluding hydrogens is 364 g/mol. The fraction of sp³-hybridized carbons (Fsp3) is 0.417. The number of aryl methyl sites for hydroxylation is 1. The van der Waals surface area contributed by atoms with Crippen LogP contribution in [0.3, 0.4) is 0 Å². The molecule has 0 aliphatic carbocycles. The summed E-state index contributed by atoms with van der Waals surface area (Å²) in [5.74, 6) is 1.04. The summed E-state index contributed by atoms with van der Waals surface area (Å²) in [7, 11) is 0. The Labute approximate surface area is 173 Å². The molecule has 0 radical (unpaired) electrons. The van der Waals surface area contributed by atoms with Crippen LogP contribution in [0.15, 0.2) is 48.5 Å². The molecule has 0 saturated carbocycles. The van der Waals surface area contributed by atoms with Crippen molar-refractivity contribution in [3.63, 3.8) is 0 Å². The van der Waals surface area contributed by atoms with Gasteiger partial charge in [0.2, 0.25) is 5.91 Å². The molecule has 154 valence electrons. The third kappa shape index (κ3) is 6.34. The summed E-state index contributed by atoms with van der Waals surface area (Å²) in [6.07, 6.45) is 3.55. The van der Waals surface area contributed by atoms with E-state index in [0.717, 1.165) is 37.1 Å². The normalized spacial score (nSPS) is 13.8. The smallest absolute Gasteiger partial charge is 0.251 e. The molecule has 1 N–H and O–H groups in total. The Bertz CT molecular complexity index is 813. The van der Waals surface area contributed by atoms with E-state index in [4.69, 9.17) is 4.74 Å². The maximum Gasteiger partial charge on any atom is 0.251 e. The zero-order chi connectivity index (χ0) is 20.6. The highest BCUT2D eigenvalue weighted by Gasteiger charge is 2.19. The standard InChI is InChI=1S/C24H30N2O3/c1-18(2)29-22-13-9-19(10-14-22)5-3-15-25-24(28)21-11-7-20(8-12-21)17-26-16-4-6-23(26)27/h7-14,18H,3-6,15-17H2,1-2H3,(H,25,28). The zero-order valence-electron chi connectivity index (χ0n) is 17.3. The highest BCUT2D eigenvalue weighted by atomic mass is 16.5. The van der Waals surface area contributed by atoms with Crippen molar-refractivity contribution in [1.82, 2.24) is 10.2 Å². The van der Waals surface area contributed by atoms with Crippen molar-refractivity contribution < 1.29 is 14.3 Å². The number of likely N-dealkylation sites (tertiary alicyclic amines) is 1. The number of carbonyl (C=O) groups is 2. The molecule has 5 nitrogen and oxygen atoms in total. The summed E-state index contributed by atoms with van der Waals surface area (Å²) in [6.45, 7) is 6.11. The lowest BCUT2D eigenvalue weighted by molar-refractivity contribution is -0.128. The first kappa shape index (κ1) is 20.9. The Kier molecular flexibility index (Phi) is 7.28. The van der Waals surface area contributed by atoms with Gasteiger partial charge in [-0.2, -0.15) is 0 Å². The van der Waals surface area contributed by atoms with Crippen LogP contribution < -0.4 is 10.1 Å². The van der Waals surface area contributed by atoms with E-state index in [9.17, 15) is 9.59 Å². The van der Waals surface area contributed by atoms with E-state index in [1.54, 1.807) is 0 Å². The number of rotatable bonds is 9. The minimum Gasteiger partial charge on any atom is -0.491 e. The average Bonchev–Trinajstić information content (AvgIpc) is 3.11. The van der Waals surface area contributed by atoms with Crippen LogP contribution in [0.2, 0.25) is 0 Å². The largest absolute Gasteiger partial charge is 0.491 e. The number of carbonyl (C=O) groups excluding carboxylic acids is 2. The number of hydrogen-bond donors (Lipinski definition) is 1. The number of ether oxygens (including phenoxy) is 1. The van der Waals surface area contributed by atoms with E-state index < -0.39 is 0 Å². The summed E-state index contributed by atoms with van der Waals surface area (Å²) in [4.78, 5) is 25.9. The second-order valence-corrected chi connectivity index (χ2v) is 7.79. The lowest BCUT2D eigenvalue weighted by Crippen LogP contribution is -2.25. The number of hydrogen-bond acceptors (Lipinski definition) is 3. The minimum atomic E-state index is -0.0607. The van der Waals surface area contributed by atoms with Crippen LogP contribution >= 0.6 is 0 Å². The van der Waals surface area contributed by atoms with Gasteiger partial charge in [-0.05, 0) is 68.5 Å². The Hall–Kier alpha value is -2.82. The molecule has 1 heterocycles. The Morgan fingerprint density at radius 3 is 2.38 bits per heavy atom. The van der Waals surface area contributed by atoms with Crippen LogP contribution in [0.5, 0.6) is 5.75 Å². The van der Waals surface area contributed by atoms with E-state index in [1.807, 2.05) is 55.1 Å². The van der Waals surface area contributed by atoms with Crippen molar-refractivity contribution in [2.75, 3.05) is 13.1 Å². The van der Waals surface area contributed by atoms with E-state index in [2.05, 4.69) is 17.4 Å². The van der Waals surface area contributed by atoms with E-state index >= 15 is 0 Å². The van der Waals surface area contributed by atoms with Gasteiger partial charge in [-0.1, -0.05) is 24.3 Å². The minimum absolute atomic E-state index is 0.0607. The molecular formula is C24H30N2O3. The summed E-state index contributed by atoms with van der Waals surface area (Å²) in [6, 6.07) is 15.7. The van der Waals surface area contributed by atoms with Gasteiger partial charge in [0.05, 0.1) is 6.10 Å². The van der Waals surface area contributed by atoms with Gasteiger partial charge in [-0.3, -0.25) is 9.59 Å². The summed E-state index contributed by atoms with van der Waals surface area (Å²) < 4.78 is 5.65. The molecule has 2 aromatic rings. The molecule has 0 bridgehead atoms. The molecule has 1 fully saturated rings. The molecule has 1 saturated heterocycles. The first-order chi connectivity index (χ1) is 14.0. The van der Waals surface area contributed by atoms with Crippen molar-refractivity contribution in [3.05, 3.63) is 65.2 Å². The third-order valence-corrected chi connectivity index (χ3v) is 4.98. The molecule has 0 aromatic heterocycles. The van der Waals surface area contributed by atoms with Gasteiger partial charge in [0.25, 0.3) is 5.91 Å². The van der Waals surface area contributed by atoms with Crippen LogP contribution in [0, 0.1) is 0 Å². The molecule has 1 aliphatic heterocycles. The molecule has 2 aromatic carbocycles. The number of amides is 2. The number of nitrogens with one attached hydrogen (secondary N) is 1. The highest BCUT2D eigenvalue weighted by molar-refractivity contribution is 5.94. The number of benzene rings is 2. The van der Waals surface area contributed by atoms with Gasteiger partial charge in [0.1, 0.15) is 5.75 Å². The number of nitrogens with zero attached hydrogens (tertiary/aromatic N) is 1. The van der Waals surface area contributed by atoms with Crippen LogP contribution in [-0.2, 0) is 17.8 Å². The van der Waals surface area contributed by atoms with E-state index in [0.29, 0.717) is 25.1 Å². The van der Waals surface area contributed by atoms with Crippen molar-refractivity contribution in [2.24, 2.45) is 0 Å². The van der Waals surface area contributed by atoms with Crippen molar-refractivity contribution in [1.29, 1.82) is 0 Å². The fourth-order valence-electron chi connectivity index (χ4n) is 3.46. The average molecular weight is 395 g/mol. The third-order valence-electron chi connectivity index (χ3n) is 4.98. The first-order valence-corrected chi connectivity index (χ1v) is 10.4. The highest BCUT2D eigenvalue weighted by Crippen LogP contribution is 2.16. The molecule has 0 atom stereocenters. The molecule has 2 amide bonds. The van der Waals surface area contributed by atoms with Crippen LogP contribution in [0.4, 0.5) is 0 Å². The molecule has 3 rings (SSSR count). The maximum absolute atomic E-state index is 12.3. The van der Waals surface area contributed by atoms with Crippen molar-refractivity contribution >= 4 is 11.8 Å². The van der Waals surface area contributed by atoms with Crippen molar-refractivity contribution in [2.45, 2.75) is 52.2 Å². The predicted octanol–water partition coefficient (Wildman–Crippen LogP) is 3.96. The van der Waals surface area contributed by atoms with Gasteiger partial charge >= 0.3 is 0 Å². The SMILES string of the molecule is CC(C)Oc1ccc(CCCNC(=O)c2ccc(CN3CCCC3=O)cc2)cc1. The molecule has 0 unspecified atom stereocenters. The summed E-state index contributed by atoms with van der Waals surface area (Å²) >= 11 is 0. The van der Waals surface area contributed by atoms with Crippen LogP contribution in [-0.4, -0.2) is 35.9 Å². The fourth-order valence-corrected chi connectivity index (χ4v) is 3.46. The second kappa shape index (κ2) is 10.1. The lowest BCUT2D eigenvalue weighted by atomic mass is 10.1. The van der Waals surface area contributed by atoms with Gasteiger partial charge in [0, 0.05) is 31.6 Å². The topological polar surface area (TPSA) is 58.6 Å². The Morgan fingerprint density at radius 2 is 1.76 bits per heavy atom. The van der Waals surface area contributed by atoms with Crippen LogP contribution in [0.25, 0.3) is 0 Å². The maximum atomic E-state index is 12.3. The van der Waals surface area contributed by atoms with E-state index in [-0.39, 0.29) is 17.9 Å². The van der Waals surface area contributed by atoms with Gasteiger partial charge in [0.15, 0.2) is 0 Å². The van der Waals surface area contributed by atoms with Crippen LogP contribution in [0.1, 0.15) is 54.6 Å². The van der Waals surface area contributed by atoms with Gasteiger partial charge < -0.3 is 15.0 Å². The first-order valence-electron chi connectivity index (χ1n) is 10.4. The second-order valence-electron chi connectivity index (χ2n) is 7.79. The predicted molar refractivity (Wildman–Crippen MR) is 114 cm³/mol. The summed E-state index contributed by atoms with van der Waals surface area (Å²) in [5.41, 5.74) is 2.94. The van der Waals surface area contributed by atoms with E-state index in [1.165, 1.54) is 5.56 Å². The Morgan fingerprint density at radius 1 is 1.07 bits per heavy atom. The van der Waals surface area contributed by atoms with Gasteiger partial charge in [-0.15, -0.1) is 0 Å². The molecule has 5 heteroatoms. The monoisotopic (exact) mass is 394 g/mol.